The number of nitrogens with one attached hydrogen (secondary N) is 2. The van der Waals surface area contributed by atoms with Gasteiger partial charge in [0.2, 0.25) is 10.0 Å². The van der Waals surface area contributed by atoms with Crippen LogP contribution in [0.5, 0.6) is 0 Å². The van der Waals surface area contributed by atoms with Crippen LogP contribution in [-0.4, -0.2) is 46.0 Å². The molecule has 0 spiro atoms. The molecule has 1 aromatic carbocycles. The number of hydrogen-bond acceptors (Lipinski definition) is 4. The standard InChI is InChI=1S/C20H30F2N2O3S/c1-28(25,26)24-18-7-4-12-23-19(18)13-27-15-10-8-14(9-11-15)16-5-2-3-6-17(16)20(21)22/h2-3,5-6,14-15,18-20,23-24H,4,7-13H2,1H3/t14-,15+,18-,19-/m0/s1. The minimum absolute atomic E-state index is 0.0410. The Labute approximate surface area is 166 Å². The Hall–Kier alpha value is -1.09. The van der Waals surface area contributed by atoms with Crippen molar-refractivity contribution in [2.45, 2.75) is 69.1 Å². The maximum atomic E-state index is 13.3. The largest absolute Gasteiger partial charge is 0.377 e. The highest BCUT2D eigenvalue weighted by Crippen LogP contribution is 2.38. The number of alkyl halides is 2. The molecule has 3 rings (SSSR count). The zero-order chi connectivity index (χ0) is 20.1. The first-order valence-corrected chi connectivity index (χ1v) is 11.9. The van der Waals surface area contributed by atoms with Crippen molar-refractivity contribution < 1.29 is 21.9 Å². The number of piperidine rings is 1. The van der Waals surface area contributed by atoms with Crippen LogP contribution in [0.1, 0.15) is 62.0 Å². The summed E-state index contributed by atoms with van der Waals surface area (Å²) in [5.41, 5.74) is 0.912. The van der Waals surface area contributed by atoms with Gasteiger partial charge in [-0.25, -0.2) is 21.9 Å². The second-order valence-corrected chi connectivity index (χ2v) is 9.72. The molecule has 28 heavy (non-hydrogen) atoms. The van der Waals surface area contributed by atoms with Gasteiger partial charge in [-0.15, -0.1) is 0 Å². The van der Waals surface area contributed by atoms with Crippen LogP contribution in [0.25, 0.3) is 0 Å². The molecular formula is C20H30F2N2O3S. The number of rotatable bonds is 7. The molecule has 2 aliphatic rings. The molecule has 8 heteroatoms. The zero-order valence-electron chi connectivity index (χ0n) is 16.2. The van der Waals surface area contributed by atoms with Gasteiger partial charge in [0.05, 0.1) is 19.0 Å². The average molecular weight is 417 g/mol. The van der Waals surface area contributed by atoms with E-state index in [2.05, 4.69) is 10.0 Å². The normalized spacial score (nSPS) is 29.1. The van der Waals surface area contributed by atoms with E-state index in [4.69, 9.17) is 4.74 Å². The molecule has 1 saturated carbocycles. The van der Waals surface area contributed by atoms with Crippen LogP contribution in [0.4, 0.5) is 8.78 Å². The molecule has 2 atom stereocenters. The van der Waals surface area contributed by atoms with Crippen molar-refractivity contribution in [3.05, 3.63) is 35.4 Å². The first-order valence-electron chi connectivity index (χ1n) is 10.0. The van der Waals surface area contributed by atoms with E-state index in [0.717, 1.165) is 50.6 Å². The second-order valence-electron chi connectivity index (χ2n) is 7.94. The van der Waals surface area contributed by atoms with Crippen molar-refractivity contribution in [1.82, 2.24) is 10.0 Å². The Bertz CT molecular complexity index is 737. The summed E-state index contributed by atoms with van der Waals surface area (Å²) in [5, 5.41) is 3.35. The summed E-state index contributed by atoms with van der Waals surface area (Å²) in [5.74, 6) is 0.150. The highest BCUT2D eigenvalue weighted by Gasteiger charge is 2.30. The number of hydrogen-bond donors (Lipinski definition) is 2. The van der Waals surface area contributed by atoms with E-state index in [9.17, 15) is 17.2 Å². The van der Waals surface area contributed by atoms with Crippen LogP contribution in [0, 0.1) is 0 Å². The summed E-state index contributed by atoms with van der Waals surface area (Å²) >= 11 is 0. The Balaban J connectivity index is 1.50. The molecule has 1 saturated heterocycles. The maximum Gasteiger partial charge on any atom is 0.264 e. The van der Waals surface area contributed by atoms with E-state index in [1.54, 1.807) is 6.07 Å². The van der Waals surface area contributed by atoms with Gasteiger partial charge in [0.15, 0.2) is 0 Å². The molecule has 0 radical (unpaired) electrons. The molecule has 1 aliphatic carbocycles. The van der Waals surface area contributed by atoms with E-state index in [0.29, 0.717) is 6.61 Å². The lowest BCUT2D eigenvalue weighted by Gasteiger charge is -2.35. The molecule has 0 amide bonds. The third kappa shape index (κ3) is 5.95. The van der Waals surface area contributed by atoms with Crippen LogP contribution in [0.2, 0.25) is 0 Å². The quantitative estimate of drug-likeness (QED) is 0.716. The summed E-state index contributed by atoms with van der Waals surface area (Å²) in [4.78, 5) is 0. The van der Waals surface area contributed by atoms with E-state index >= 15 is 0 Å². The SMILES string of the molecule is CS(=O)(=O)N[C@H]1CCCN[C@H]1CO[C@H]1CC[C@@H](c2ccccc2C(F)F)CC1. The fourth-order valence-corrected chi connectivity index (χ4v) is 5.24. The first-order chi connectivity index (χ1) is 13.3. The van der Waals surface area contributed by atoms with Gasteiger partial charge in [-0.05, 0) is 56.6 Å². The molecule has 2 fully saturated rings. The van der Waals surface area contributed by atoms with E-state index < -0.39 is 16.4 Å². The van der Waals surface area contributed by atoms with E-state index in [1.165, 1.54) is 12.3 Å². The van der Waals surface area contributed by atoms with Gasteiger partial charge in [0.25, 0.3) is 6.43 Å². The fraction of sp³-hybridized carbons (Fsp3) is 0.700. The molecule has 0 aromatic heterocycles. The van der Waals surface area contributed by atoms with Gasteiger partial charge in [0.1, 0.15) is 0 Å². The van der Waals surface area contributed by atoms with Crippen molar-refractivity contribution in [2.24, 2.45) is 0 Å². The number of halogens is 2. The molecule has 2 N–H and O–H groups in total. The van der Waals surface area contributed by atoms with Crippen LogP contribution >= 0.6 is 0 Å². The molecule has 1 aromatic rings. The Morgan fingerprint density at radius 3 is 2.57 bits per heavy atom. The van der Waals surface area contributed by atoms with Crippen molar-refractivity contribution >= 4 is 10.0 Å². The van der Waals surface area contributed by atoms with Crippen molar-refractivity contribution in [3.63, 3.8) is 0 Å². The summed E-state index contributed by atoms with van der Waals surface area (Å²) in [6.07, 6.45) is 3.88. The van der Waals surface area contributed by atoms with Crippen molar-refractivity contribution in [3.8, 4) is 0 Å². The monoisotopic (exact) mass is 416 g/mol. The van der Waals surface area contributed by atoms with Crippen LogP contribution in [-0.2, 0) is 14.8 Å². The smallest absolute Gasteiger partial charge is 0.264 e. The predicted octanol–water partition coefficient (Wildman–Crippen LogP) is 3.34. The van der Waals surface area contributed by atoms with Gasteiger partial charge in [0, 0.05) is 17.6 Å². The maximum absolute atomic E-state index is 13.3. The Morgan fingerprint density at radius 1 is 1.18 bits per heavy atom. The minimum Gasteiger partial charge on any atom is -0.377 e. The van der Waals surface area contributed by atoms with Gasteiger partial charge in [-0.1, -0.05) is 24.3 Å². The second kappa shape index (κ2) is 9.61. The lowest BCUT2D eigenvalue weighted by atomic mass is 9.81. The highest BCUT2D eigenvalue weighted by atomic mass is 32.2. The third-order valence-electron chi connectivity index (χ3n) is 5.81. The summed E-state index contributed by atoms with van der Waals surface area (Å²) < 4.78 is 58.4. The van der Waals surface area contributed by atoms with Crippen LogP contribution in [0.15, 0.2) is 24.3 Å². The number of ether oxygens (including phenoxy) is 1. The third-order valence-corrected chi connectivity index (χ3v) is 6.54. The first kappa shape index (κ1) is 21.6. The molecule has 5 nitrogen and oxygen atoms in total. The van der Waals surface area contributed by atoms with Crippen molar-refractivity contribution in [1.29, 1.82) is 0 Å². The molecule has 0 unspecified atom stereocenters. The number of sulfonamides is 1. The van der Waals surface area contributed by atoms with Crippen LogP contribution in [0.3, 0.4) is 0 Å². The molecule has 1 aliphatic heterocycles. The fourth-order valence-electron chi connectivity index (χ4n) is 4.41. The number of benzene rings is 1. The minimum atomic E-state index is -3.26. The van der Waals surface area contributed by atoms with Gasteiger partial charge < -0.3 is 10.1 Å². The van der Waals surface area contributed by atoms with Gasteiger partial charge in [-0.3, -0.25) is 0 Å². The molecular weight excluding hydrogens is 386 g/mol. The van der Waals surface area contributed by atoms with E-state index in [1.807, 2.05) is 12.1 Å². The molecule has 1 heterocycles. The van der Waals surface area contributed by atoms with Crippen molar-refractivity contribution in [2.75, 3.05) is 19.4 Å². The summed E-state index contributed by atoms with van der Waals surface area (Å²) in [6.45, 7) is 1.31. The Morgan fingerprint density at radius 2 is 1.89 bits per heavy atom. The topological polar surface area (TPSA) is 67.4 Å². The summed E-state index contributed by atoms with van der Waals surface area (Å²) in [7, 11) is -3.26. The lowest BCUT2D eigenvalue weighted by Crippen LogP contribution is -2.55. The summed E-state index contributed by atoms with van der Waals surface area (Å²) in [6, 6.07) is 6.64. The Kier molecular flexibility index (Phi) is 7.42. The lowest BCUT2D eigenvalue weighted by molar-refractivity contribution is 0.00505. The predicted molar refractivity (Wildman–Crippen MR) is 105 cm³/mol. The highest BCUT2D eigenvalue weighted by molar-refractivity contribution is 7.88. The zero-order valence-corrected chi connectivity index (χ0v) is 17.1. The molecule has 158 valence electrons. The average Bonchev–Trinajstić information content (AvgIpc) is 2.66. The van der Waals surface area contributed by atoms with Gasteiger partial charge in [-0.2, -0.15) is 0 Å². The van der Waals surface area contributed by atoms with E-state index in [-0.39, 0.29) is 29.7 Å². The van der Waals surface area contributed by atoms with Crippen LogP contribution < -0.4 is 10.0 Å². The molecule has 0 bridgehead atoms. The van der Waals surface area contributed by atoms with Gasteiger partial charge >= 0.3 is 0 Å².